The number of rotatable bonds is 5. The summed E-state index contributed by atoms with van der Waals surface area (Å²) in [4.78, 5) is 24.4. The number of fused-ring (bicyclic) bond motifs is 1. The Labute approximate surface area is 186 Å². The van der Waals surface area contributed by atoms with Gasteiger partial charge in [-0.05, 0) is 44.4 Å². The first-order valence-corrected chi connectivity index (χ1v) is 11.0. The van der Waals surface area contributed by atoms with Gasteiger partial charge in [-0.25, -0.2) is 9.97 Å². The van der Waals surface area contributed by atoms with Crippen molar-refractivity contribution >= 4 is 22.6 Å². The molecule has 0 aliphatic carbocycles. The highest BCUT2D eigenvalue weighted by atomic mass is 16.5. The van der Waals surface area contributed by atoms with Crippen molar-refractivity contribution in [2.24, 2.45) is 0 Å². The van der Waals surface area contributed by atoms with Crippen LogP contribution in [0.15, 0.2) is 59.1 Å². The number of benzene rings is 2. The molecule has 0 saturated carbocycles. The summed E-state index contributed by atoms with van der Waals surface area (Å²) in [5, 5.41) is 7.89. The Hall–Kier alpha value is -3.74. The molecular formula is C25H25N5O2. The van der Waals surface area contributed by atoms with Gasteiger partial charge in [0.15, 0.2) is 5.76 Å². The molecule has 1 amide bonds. The van der Waals surface area contributed by atoms with Crippen LogP contribution in [0, 0.1) is 6.92 Å². The minimum absolute atomic E-state index is 0.184. The second-order valence-corrected chi connectivity index (χ2v) is 8.12. The van der Waals surface area contributed by atoms with Crippen LogP contribution >= 0.6 is 0 Å². The van der Waals surface area contributed by atoms with Crippen LogP contribution in [0.25, 0.3) is 22.2 Å². The number of amides is 1. The van der Waals surface area contributed by atoms with Gasteiger partial charge in [-0.3, -0.25) is 4.79 Å². The third-order valence-electron chi connectivity index (χ3n) is 5.75. The first-order valence-electron chi connectivity index (χ1n) is 11.0. The molecule has 1 fully saturated rings. The van der Waals surface area contributed by atoms with Crippen LogP contribution in [-0.2, 0) is 6.54 Å². The van der Waals surface area contributed by atoms with Gasteiger partial charge in [-0.2, -0.15) is 0 Å². The Kier molecular flexibility index (Phi) is 5.54. The summed E-state index contributed by atoms with van der Waals surface area (Å²) >= 11 is 0. The molecule has 2 aromatic heterocycles. The molecule has 0 spiro atoms. The molecule has 3 heterocycles. The number of hydrogen-bond acceptors (Lipinski definition) is 6. The smallest absolute Gasteiger partial charge is 0.251 e. The highest BCUT2D eigenvalue weighted by Crippen LogP contribution is 2.29. The number of piperidine rings is 1. The lowest BCUT2D eigenvalue weighted by molar-refractivity contribution is 0.0950. The number of anilines is 1. The number of nitrogens with zero attached hydrogens (tertiary/aromatic N) is 4. The Bertz CT molecular complexity index is 1250. The lowest BCUT2D eigenvalue weighted by atomic mass is 10.1. The van der Waals surface area contributed by atoms with Crippen LogP contribution in [-0.4, -0.2) is 34.1 Å². The van der Waals surface area contributed by atoms with Gasteiger partial charge in [0.1, 0.15) is 17.2 Å². The zero-order valence-electron chi connectivity index (χ0n) is 18.0. The molecule has 0 atom stereocenters. The first kappa shape index (κ1) is 20.2. The highest BCUT2D eigenvalue weighted by molar-refractivity contribution is 6.00. The number of carbonyl (C=O) groups is 1. The maximum Gasteiger partial charge on any atom is 0.251 e. The van der Waals surface area contributed by atoms with Gasteiger partial charge < -0.3 is 14.7 Å². The number of hydrogen-bond donors (Lipinski definition) is 1. The largest absolute Gasteiger partial charge is 0.357 e. The Morgan fingerprint density at radius 2 is 1.84 bits per heavy atom. The fourth-order valence-corrected chi connectivity index (χ4v) is 4.12. The van der Waals surface area contributed by atoms with Crippen LogP contribution in [0.2, 0.25) is 0 Å². The van der Waals surface area contributed by atoms with E-state index in [1.165, 1.54) is 19.3 Å². The summed E-state index contributed by atoms with van der Waals surface area (Å²) in [6.45, 7) is 4.27. The Balaban J connectivity index is 1.34. The van der Waals surface area contributed by atoms with E-state index in [4.69, 9.17) is 9.51 Å². The van der Waals surface area contributed by atoms with E-state index in [0.29, 0.717) is 22.7 Å². The predicted molar refractivity (Wildman–Crippen MR) is 123 cm³/mol. The number of aromatic nitrogens is 3. The normalized spacial score (nSPS) is 14.0. The molecule has 2 aromatic carbocycles. The lowest BCUT2D eigenvalue weighted by Crippen LogP contribution is -2.31. The summed E-state index contributed by atoms with van der Waals surface area (Å²) in [6.07, 6.45) is 3.64. The minimum atomic E-state index is -0.184. The van der Waals surface area contributed by atoms with Crippen molar-refractivity contribution in [2.45, 2.75) is 32.7 Å². The van der Waals surface area contributed by atoms with Crippen molar-refractivity contribution in [3.63, 3.8) is 0 Å². The maximum absolute atomic E-state index is 12.9. The van der Waals surface area contributed by atoms with E-state index in [0.717, 1.165) is 35.6 Å². The monoisotopic (exact) mass is 427 g/mol. The van der Waals surface area contributed by atoms with Crippen LogP contribution in [0.3, 0.4) is 0 Å². The zero-order valence-corrected chi connectivity index (χ0v) is 18.0. The topological polar surface area (TPSA) is 84.2 Å². The molecule has 5 rings (SSSR count). The van der Waals surface area contributed by atoms with Gasteiger partial charge in [0.2, 0.25) is 0 Å². The molecule has 0 unspecified atom stereocenters. The van der Waals surface area contributed by atoms with Gasteiger partial charge in [0, 0.05) is 36.0 Å². The molecule has 162 valence electrons. The van der Waals surface area contributed by atoms with Crippen molar-refractivity contribution in [2.75, 3.05) is 18.0 Å². The molecule has 32 heavy (non-hydrogen) atoms. The fraction of sp³-hybridized carbons (Fsp3) is 0.280. The van der Waals surface area contributed by atoms with E-state index in [2.05, 4.69) is 20.4 Å². The molecule has 1 saturated heterocycles. The van der Waals surface area contributed by atoms with Crippen molar-refractivity contribution in [1.82, 2.24) is 20.4 Å². The molecule has 0 bridgehead atoms. The van der Waals surface area contributed by atoms with E-state index in [1.807, 2.05) is 49.4 Å². The summed E-state index contributed by atoms with van der Waals surface area (Å²) in [7, 11) is 0. The molecule has 7 heteroatoms. The predicted octanol–water partition coefficient (Wildman–Crippen LogP) is 4.51. The SMILES string of the molecule is Cc1cc(N2CCCCC2)nc(CNC(=O)c2ccc3noc(-c4ccccc4)c3c2)n1. The molecule has 1 N–H and O–H groups in total. The zero-order chi connectivity index (χ0) is 21.9. The van der Waals surface area contributed by atoms with Gasteiger partial charge in [0.25, 0.3) is 5.91 Å². The number of carbonyl (C=O) groups excluding carboxylic acids is 1. The van der Waals surface area contributed by atoms with Crippen molar-refractivity contribution in [3.05, 3.63) is 71.7 Å². The molecule has 0 radical (unpaired) electrons. The molecule has 7 nitrogen and oxygen atoms in total. The standard InChI is InChI=1S/C25H25N5O2/c1-17-14-23(30-12-6-3-7-13-30)28-22(27-17)16-26-25(31)19-10-11-21-20(15-19)24(32-29-21)18-8-4-2-5-9-18/h2,4-5,8-11,14-15H,3,6-7,12-13,16H2,1H3,(H,26,31). The average Bonchev–Trinajstić information content (AvgIpc) is 3.26. The van der Waals surface area contributed by atoms with Gasteiger partial charge in [-0.15, -0.1) is 0 Å². The summed E-state index contributed by atoms with van der Waals surface area (Å²) in [5.74, 6) is 2.04. The van der Waals surface area contributed by atoms with Crippen LogP contribution in [0.5, 0.6) is 0 Å². The van der Waals surface area contributed by atoms with E-state index in [-0.39, 0.29) is 12.5 Å². The molecule has 4 aromatic rings. The van der Waals surface area contributed by atoms with Gasteiger partial charge in [0.05, 0.1) is 11.9 Å². The molecular weight excluding hydrogens is 402 g/mol. The summed E-state index contributed by atoms with van der Waals surface area (Å²) < 4.78 is 5.54. The average molecular weight is 428 g/mol. The van der Waals surface area contributed by atoms with E-state index >= 15 is 0 Å². The summed E-state index contributed by atoms with van der Waals surface area (Å²) in [5.41, 5.74) is 3.09. The third-order valence-corrected chi connectivity index (χ3v) is 5.75. The molecule has 1 aliphatic heterocycles. The van der Waals surface area contributed by atoms with Crippen LogP contribution in [0.1, 0.15) is 41.1 Å². The maximum atomic E-state index is 12.9. The number of aryl methyl sites for hydroxylation is 1. The highest BCUT2D eigenvalue weighted by Gasteiger charge is 2.16. The minimum Gasteiger partial charge on any atom is -0.357 e. The van der Waals surface area contributed by atoms with Crippen LogP contribution < -0.4 is 10.2 Å². The second-order valence-electron chi connectivity index (χ2n) is 8.12. The fourth-order valence-electron chi connectivity index (χ4n) is 4.12. The third kappa shape index (κ3) is 4.19. The van der Waals surface area contributed by atoms with Crippen LogP contribution in [0.4, 0.5) is 5.82 Å². The van der Waals surface area contributed by atoms with E-state index < -0.39 is 0 Å². The Morgan fingerprint density at radius 1 is 1.03 bits per heavy atom. The quantitative estimate of drug-likeness (QED) is 0.504. The lowest BCUT2D eigenvalue weighted by Gasteiger charge is -2.28. The van der Waals surface area contributed by atoms with Gasteiger partial charge >= 0.3 is 0 Å². The summed E-state index contributed by atoms with van der Waals surface area (Å²) in [6, 6.07) is 17.2. The number of nitrogens with one attached hydrogen (secondary N) is 1. The van der Waals surface area contributed by atoms with Crippen molar-refractivity contribution in [1.29, 1.82) is 0 Å². The first-order chi connectivity index (χ1) is 15.7. The molecule has 1 aliphatic rings. The van der Waals surface area contributed by atoms with E-state index in [9.17, 15) is 4.79 Å². The van der Waals surface area contributed by atoms with E-state index in [1.54, 1.807) is 12.1 Å². The van der Waals surface area contributed by atoms with Crippen molar-refractivity contribution in [3.8, 4) is 11.3 Å². The second kappa shape index (κ2) is 8.78. The Morgan fingerprint density at radius 3 is 2.66 bits per heavy atom. The van der Waals surface area contributed by atoms with Crippen molar-refractivity contribution < 1.29 is 9.32 Å². The van der Waals surface area contributed by atoms with Gasteiger partial charge in [-0.1, -0.05) is 35.5 Å².